The normalized spacial score (nSPS) is 10.3. The number of anilines is 2. The molecular formula is C12H14N4. The molecule has 2 aromatic heterocycles. The minimum absolute atomic E-state index is 0.496. The number of nitrogen functional groups attached to an aromatic ring is 2. The molecule has 2 aromatic rings. The summed E-state index contributed by atoms with van der Waals surface area (Å²) in [4.78, 5) is 8.26. The van der Waals surface area contributed by atoms with Crippen LogP contribution in [0.25, 0.3) is 11.1 Å². The fourth-order valence-electron chi connectivity index (χ4n) is 1.59. The van der Waals surface area contributed by atoms with E-state index in [0.717, 1.165) is 28.9 Å². The zero-order valence-corrected chi connectivity index (χ0v) is 9.14. The molecule has 0 aliphatic rings. The molecule has 0 radical (unpaired) electrons. The van der Waals surface area contributed by atoms with Crippen LogP contribution in [-0.4, -0.2) is 9.97 Å². The van der Waals surface area contributed by atoms with Crippen molar-refractivity contribution in [1.29, 1.82) is 0 Å². The summed E-state index contributed by atoms with van der Waals surface area (Å²) >= 11 is 0. The lowest BCUT2D eigenvalue weighted by molar-refractivity contribution is 1.04. The van der Waals surface area contributed by atoms with Gasteiger partial charge in [0.15, 0.2) is 0 Å². The summed E-state index contributed by atoms with van der Waals surface area (Å²) in [5, 5.41) is 0. The van der Waals surface area contributed by atoms with Crippen LogP contribution in [0.1, 0.15) is 12.6 Å². The van der Waals surface area contributed by atoms with Crippen LogP contribution in [0.3, 0.4) is 0 Å². The fourth-order valence-corrected chi connectivity index (χ4v) is 1.59. The Bertz CT molecular complexity index is 508. The van der Waals surface area contributed by atoms with Gasteiger partial charge in [-0.2, -0.15) is 0 Å². The van der Waals surface area contributed by atoms with Gasteiger partial charge in [0, 0.05) is 18.0 Å². The summed E-state index contributed by atoms with van der Waals surface area (Å²) in [5.41, 5.74) is 15.1. The molecule has 0 amide bonds. The van der Waals surface area contributed by atoms with Crippen LogP contribution < -0.4 is 11.5 Å². The lowest BCUT2D eigenvalue weighted by Gasteiger charge is -2.06. The molecule has 2 heterocycles. The smallest absolute Gasteiger partial charge is 0.123 e. The molecule has 4 nitrogen and oxygen atoms in total. The number of hydrogen-bond donors (Lipinski definition) is 2. The van der Waals surface area contributed by atoms with E-state index >= 15 is 0 Å². The SMILES string of the molecule is CCc1ncc(-c2ccnc(N)c2)cc1N. The number of hydrogen-bond acceptors (Lipinski definition) is 4. The van der Waals surface area contributed by atoms with Gasteiger partial charge in [-0.25, -0.2) is 4.98 Å². The topological polar surface area (TPSA) is 77.8 Å². The lowest BCUT2D eigenvalue weighted by atomic mass is 10.1. The largest absolute Gasteiger partial charge is 0.397 e. The molecule has 0 fully saturated rings. The Morgan fingerprint density at radius 1 is 1.12 bits per heavy atom. The third-order valence-corrected chi connectivity index (χ3v) is 2.45. The van der Waals surface area contributed by atoms with Crippen molar-refractivity contribution in [2.75, 3.05) is 11.5 Å². The number of aryl methyl sites for hydroxylation is 1. The van der Waals surface area contributed by atoms with E-state index in [4.69, 9.17) is 11.5 Å². The highest BCUT2D eigenvalue weighted by Crippen LogP contribution is 2.23. The van der Waals surface area contributed by atoms with Crippen LogP contribution in [0.15, 0.2) is 30.6 Å². The van der Waals surface area contributed by atoms with Gasteiger partial charge in [-0.3, -0.25) is 4.98 Å². The molecule has 4 N–H and O–H groups in total. The summed E-state index contributed by atoms with van der Waals surface area (Å²) in [6, 6.07) is 5.61. The second-order valence-corrected chi connectivity index (χ2v) is 3.58. The van der Waals surface area contributed by atoms with Crippen molar-refractivity contribution >= 4 is 11.5 Å². The average molecular weight is 214 g/mol. The van der Waals surface area contributed by atoms with Crippen molar-refractivity contribution in [2.45, 2.75) is 13.3 Å². The minimum atomic E-state index is 0.496. The van der Waals surface area contributed by atoms with E-state index in [1.165, 1.54) is 0 Å². The zero-order chi connectivity index (χ0) is 11.5. The first-order valence-electron chi connectivity index (χ1n) is 5.17. The molecule has 0 aliphatic carbocycles. The molecule has 0 aliphatic heterocycles. The molecule has 0 saturated carbocycles. The molecule has 16 heavy (non-hydrogen) atoms. The van der Waals surface area contributed by atoms with Crippen LogP contribution in [-0.2, 0) is 6.42 Å². The number of nitrogens with two attached hydrogens (primary N) is 2. The maximum atomic E-state index is 5.90. The summed E-state index contributed by atoms with van der Waals surface area (Å²) in [5.74, 6) is 0.496. The Balaban J connectivity index is 2.45. The minimum Gasteiger partial charge on any atom is -0.397 e. The summed E-state index contributed by atoms with van der Waals surface area (Å²) < 4.78 is 0. The van der Waals surface area contributed by atoms with Gasteiger partial charge in [-0.1, -0.05) is 6.92 Å². The highest BCUT2D eigenvalue weighted by atomic mass is 14.8. The van der Waals surface area contributed by atoms with Crippen LogP contribution in [0.5, 0.6) is 0 Å². The molecule has 0 aromatic carbocycles. The van der Waals surface area contributed by atoms with Crippen LogP contribution in [0.4, 0.5) is 11.5 Å². The first-order valence-corrected chi connectivity index (χ1v) is 5.17. The van der Waals surface area contributed by atoms with E-state index in [1.54, 1.807) is 6.20 Å². The summed E-state index contributed by atoms with van der Waals surface area (Å²) in [7, 11) is 0. The predicted molar refractivity (Wildman–Crippen MR) is 65.7 cm³/mol. The Labute approximate surface area is 94.3 Å². The van der Waals surface area contributed by atoms with Gasteiger partial charge in [-0.15, -0.1) is 0 Å². The van der Waals surface area contributed by atoms with E-state index < -0.39 is 0 Å². The first kappa shape index (κ1) is 10.4. The molecule has 0 saturated heterocycles. The second kappa shape index (κ2) is 4.18. The molecule has 2 rings (SSSR count). The Kier molecular flexibility index (Phi) is 2.72. The van der Waals surface area contributed by atoms with Gasteiger partial charge in [0.05, 0.1) is 11.4 Å². The van der Waals surface area contributed by atoms with E-state index in [2.05, 4.69) is 9.97 Å². The van der Waals surface area contributed by atoms with Gasteiger partial charge in [0.2, 0.25) is 0 Å². The molecule has 4 heteroatoms. The van der Waals surface area contributed by atoms with Crippen LogP contribution in [0.2, 0.25) is 0 Å². The second-order valence-electron chi connectivity index (χ2n) is 3.58. The third kappa shape index (κ3) is 1.95. The maximum absolute atomic E-state index is 5.90. The molecule has 82 valence electrons. The van der Waals surface area contributed by atoms with E-state index in [0.29, 0.717) is 5.82 Å². The predicted octanol–water partition coefficient (Wildman–Crippen LogP) is 1.87. The summed E-state index contributed by atoms with van der Waals surface area (Å²) in [6.07, 6.45) is 4.32. The van der Waals surface area contributed by atoms with Crippen molar-refractivity contribution in [3.05, 3.63) is 36.3 Å². The average Bonchev–Trinajstić information content (AvgIpc) is 2.29. The molecule has 0 unspecified atom stereocenters. The Hall–Kier alpha value is -2.10. The van der Waals surface area contributed by atoms with Gasteiger partial charge >= 0.3 is 0 Å². The molecule has 0 atom stereocenters. The fraction of sp³-hybridized carbons (Fsp3) is 0.167. The van der Waals surface area contributed by atoms with Gasteiger partial charge in [-0.05, 0) is 30.2 Å². The standard InChI is InChI=1S/C12H14N4/c1-2-11-10(13)5-9(7-16-11)8-3-4-15-12(14)6-8/h3-7H,2,13H2,1H3,(H2,14,15). The van der Waals surface area contributed by atoms with Gasteiger partial charge in [0.25, 0.3) is 0 Å². The van der Waals surface area contributed by atoms with Crippen molar-refractivity contribution in [2.24, 2.45) is 0 Å². The summed E-state index contributed by atoms with van der Waals surface area (Å²) in [6.45, 7) is 2.03. The van der Waals surface area contributed by atoms with Crippen molar-refractivity contribution in [3.8, 4) is 11.1 Å². The van der Waals surface area contributed by atoms with Crippen molar-refractivity contribution in [1.82, 2.24) is 9.97 Å². The van der Waals surface area contributed by atoms with Gasteiger partial charge < -0.3 is 11.5 Å². The number of rotatable bonds is 2. The Morgan fingerprint density at radius 2 is 1.94 bits per heavy atom. The van der Waals surface area contributed by atoms with Crippen LogP contribution >= 0.6 is 0 Å². The number of aromatic nitrogens is 2. The number of pyridine rings is 2. The third-order valence-electron chi connectivity index (χ3n) is 2.45. The lowest BCUT2D eigenvalue weighted by Crippen LogP contribution is -1.97. The zero-order valence-electron chi connectivity index (χ0n) is 9.14. The van der Waals surface area contributed by atoms with Crippen molar-refractivity contribution in [3.63, 3.8) is 0 Å². The first-order chi connectivity index (χ1) is 7.70. The molecule has 0 bridgehead atoms. The van der Waals surface area contributed by atoms with Crippen molar-refractivity contribution < 1.29 is 0 Å². The molecular weight excluding hydrogens is 200 g/mol. The molecule has 0 spiro atoms. The monoisotopic (exact) mass is 214 g/mol. The van der Waals surface area contributed by atoms with Gasteiger partial charge in [0.1, 0.15) is 5.82 Å². The maximum Gasteiger partial charge on any atom is 0.123 e. The quantitative estimate of drug-likeness (QED) is 0.800. The Morgan fingerprint density at radius 3 is 2.56 bits per heavy atom. The van der Waals surface area contributed by atoms with Crippen LogP contribution in [0, 0.1) is 0 Å². The highest BCUT2D eigenvalue weighted by Gasteiger charge is 2.03. The van der Waals surface area contributed by atoms with E-state index in [-0.39, 0.29) is 0 Å². The van der Waals surface area contributed by atoms with E-state index in [1.807, 2.05) is 31.3 Å². The van der Waals surface area contributed by atoms with E-state index in [9.17, 15) is 0 Å². The highest BCUT2D eigenvalue weighted by molar-refractivity contribution is 5.68. The number of nitrogens with zero attached hydrogens (tertiary/aromatic N) is 2.